The van der Waals surface area contributed by atoms with E-state index in [1.54, 1.807) is 7.05 Å². The van der Waals surface area contributed by atoms with Gasteiger partial charge in [0.25, 0.3) is 0 Å². The van der Waals surface area contributed by atoms with E-state index in [1.165, 1.54) is 45.3 Å². The van der Waals surface area contributed by atoms with Gasteiger partial charge in [0.1, 0.15) is 0 Å². The van der Waals surface area contributed by atoms with Crippen LogP contribution in [-0.4, -0.2) is 74.1 Å². The molecule has 3 aliphatic heterocycles. The maximum absolute atomic E-state index is 11.4. The largest absolute Gasteiger partial charge is 0.358 e. The SMILES string of the molecule is CNC(=O)CN1CCC(NC2CCN3CCC2C3)CC1. The summed E-state index contributed by atoms with van der Waals surface area (Å²) in [4.78, 5) is 16.3. The van der Waals surface area contributed by atoms with E-state index in [2.05, 4.69) is 20.4 Å². The third-order valence-corrected chi connectivity index (χ3v) is 5.32. The van der Waals surface area contributed by atoms with Crippen molar-refractivity contribution in [3.63, 3.8) is 0 Å². The molecule has 0 radical (unpaired) electrons. The normalized spacial score (nSPS) is 35.1. The molecule has 3 saturated heterocycles. The van der Waals surface area contributed by atoms with Gasteiger partial charge in [-0.25, -0.2) is 0 Å². The van der Waals surface area contributed by atoms with Crippen LogP contribution in [0.5, 0.6) is 0 Å². The van der Waals surface area contributed by atoms with Crippen LogP contribution >= 0.6 is 0 Å². The number of likely N-dealkylation sites (N-methyl/N-ethyl adjacent to an activating group) is 1. The molecule has 3 heterocycles. The Morgan fingerprint density at radius 1 is 1.10 bits per heavy atom. The molecule has 20 heavy (non-hydrogen) atoms. The average Bonchev–Trinajstić information content (AvgIpc) is 2.86. The van der Waals surface area contributed by atoms with E-state index in [0.29, 0.717) is 12.6 Å². The van der Waals surface area contributed by atoms with Gasteiger partial charge in [-0.15, -0.1) is 0 Å². The first-order chi connectivity index (χ1) is 9.74. The third kappa shape index (κ3) is 3.32. The second kappa shape index (κ2) is 6.41. The number of carbonyl (C=O) groups excluding carboxylic acids is 1. The van der Waals surface area contributed by atoms with Crippen molar-refractivity contribution in [2.24, 2.45) is 5.92 Å². The summed E-state index contributed by atoms with van der Waals surface area (Å²) in [5.74, 6) is 1.02. The van der Waals surface area contributed by atoms with Crippen molar-refractivity contribution < 1.29 is 4.79 Å². The molecule has 114 valence electrons. The molecule has 0 spiro atoms. The zero-order valence-electron chi connectivity index (χ0n) is 12.6. The fraction of sp³-hybridized carbons (Fsp3) is 0.933. The van der Waals surface area contributed by atoms with Crippen LogP contribution in [0, 0.1) is 5.92 Å². The van der Waals surface area contributed by atoms with E-state index in [0.717, 1.165) is 25.0 Å². The van der Waals surface area contributed by atoms with Crippen LogP contribution in [-0.2, 0) is 4.79 Å². The van der Waals surface area contributed by atoms with Crippen molar-refractivity contribution >= 4 is 5.91 Å². The van der Waals surface area contributed by atoms with Crippen molar-refractivity contribution in [2.75, 3.05) is 46.3 Å². The highest BCUT2D eigenvalue weighted by Crippen LogP contribution is 2.28. The zero-order valence-corrected chi connectivity index (χ0v) is 12.6. The molecule has 0 aromatic rings. The van der Waals surface area contributed by atoms with E-state index >= 15 is 0 Å². The highest BCUT2D eigenvalue weighted by atomic mass is 16.1. The predicted octanol–water partition coefficient (Wildman–Crippen LogP) is -0.119. The van der Waals surface area contributed by atoms with Gasteiger partial charge < -0.3 is 15.5 Å². The van der Waals surface area contributed by atoms with Gasteiger partial charge in [-0.05, 0) is 44.7 Å². The molecule has 0 aliphatic carbocycles. The number of nitrogens with zero attached hydrogens (tertiary/aromatic N) is 2. The zero-order chi connectivity index (χ0) is 13.9. The fourth-order valence-corrected chi connectivity index (χ4v) is 4.01. The quantitative estimate of drug-likeness (QED) is 0.754. The van der Waals surface area contributed by atoms with Gasteiger partial charge in [-0.2, -0.15) is 0 Å². The van der Waals surface area contributed by atoms with Crippen molar-refractivity contribution in [1.29, 1.82) is 0 Å². The molecule has 3 rings (SSSR count). The van der Waals surface area contributed by atoms with E-state index in [1.807, 2.05) is 0 Å². The Labute approximate surface area is 122 Å². The van der Waals surface area contributed by atoms with E-state index in [-0.39, 0.29) is 5.91 Å². The van der Waals surface area contributed by atoms with Gasteiger partial charge >= 0.3 is 0 Å². The lowest BCUT2D eigenvalue weighted by atomic mass is 9.92. The Hall–Kier alpha value is -0.650. The second-order valence-corrected chi connectivity index (χ2v) is 6.63. The summed E-state index contributed by atoms with van der Waals surface area (Å²) in [6, 6.07) is 1.40. The van der Waals surface area contributed by atoms with Crippen LogP contribution in [0.4, 0.5) is 0 Å². The van der Waals surface area contributed by atoms with Crippen molar-refractivity contribution in [3.05, 3.63) is 0 Å². The first-order valence-electron chi connectivity index (χ1n) is 8.16. The van der Waals surface area contributed by atoms with E-state index < -0.39 is 0 Å². The Bertz CT molecular complexity index is 341. The summed E-state index contributed by atoms with van der Waals surface area (Å²) >= 11 is 0. The summed E-state index contributed by atoms with van der Waals surface area (Å²) in [5, 5.41) is 6.63. The Morgan fingerprint density at radius 2 is 1.85 bits per heavy atom. The highest BCUT2D eigenvalue weighted by Gasteiger charge is 2.35. The maximum atomic E-state index is 11.4. The van der Waals surface area contributed by atoms with E-state index in [9.17, 15) is 4.79 Å². The van der Waals surface area contributed by atoms with Crippen LogP contribution in [0.15, 0.2) is 0 Å². The number of hydrogen-bond donors (Lipinski definition) is 2. The number of piperidine rings is 2. The lowest BCUT2D eigenvalue weighted by Crippen LogP contribution is -2.52. The summed E-state index contributed by atoms with van der Waals surface area (Å²) < 4.78 is 0. The number of rotatable bonds is 4. The van der Waals surface area contributed by atoms with Gasteiger partial charge in [0.15, 0.2) is 0 Å². The predicted molar refractivity (Wildman–Crippen MR) is 79.6 cm³/mol. The number of nitrogens with one attached hydrogen (secondary N) is 2. The van der Waals surface area contributed by atoms with Crippen LogP contribution < -0.4 is 10.6 Å². The van der Waals surface area contributed by atoms with Crippen molar-refractivity contribution in [2.45, 2.75) is 37.8 Å². The Morgan fingerprint density at radius 3 is 2.60 bits per heavy atom. The minimum Gasteiger partial charge on any atom is -0.358 e. The third-order valence-electron chi connectivity index (χ3n) is 5.32. The molecule has 5 heteroatoms. The number of amides is 1. The summed E-state index contributed by atoms with van der Waals surface area (Å²) in [7, 11) is 1.71. The van der Waals surface area contributed by atoms with Crippen molar-refractivity contribution in [1.82, 2.24) is 20.4 Å². The molecule has 0 aromatic heterocycles. The van der Waals surface area contributed by atoms with Crippen LogP contribution in [0.25, 0.3) is 0 Å². The molecule has 1 amide bonds. The molecular formula is C15H28N4O. The highest BCUT2D eigenvalue weighted by molar-refractivity contribution is 5.77. The van der Waals surface area contributed by atoms with Gasteiger partial charge in [0, 0.05) is 38.8 Å². The standard InChI is InChI=1S/C15H28N4O/c1-16-15(20)11-19-7-3-13(4-8-19)17-14-5-9-18-6-2-12(14)10-18/h12-14,17H,2-11H2,1H3,(H,16,20). The number of carbonyl (C=O) groups is 1. The van der Waals surface area contributed by atoms with Crippen LogP contribution in [0.2, 0.25) is 0 Å². The lowest BCUT2D eigenvalue weighted by Gasteiger charge is -2.37. The summed E-state index contributed by atoms with van der Waals surface area (Å²) in [5.41, 5.74) is 0. The number of likely N-dealkylation sites (tertiary alicyclic amines) is 1. The smallest absolute Gasteiger partial charge is 0.233 e. The monoisotopic (exact) mass is 280 g/mol. The Kier molecular flexibility index (Phi) is 4.58. The lowest BCUT2D eigenvalue weighted by molar-refractivity contribution is -0.122. The molecule has 3 atom stereocenters. The van der Waals surface area contributed by atoms with Gasteiger partial charge in [0.05, 0.1) is 6.54 Å². The molecule has 2 N–H and O–H groups in total. The first kappa shape index (κ1) is 14.3. The maximum Gasteiger partial charge on any atom is 0.233 e. The molecular weight excluding hydrogens is 252 g/mol. The summed E-state index contributed by atoms with van der Waals surface area (Å²) in [6.45, 7) is 6.57. The second-order valence-electron chi connectivity index (χ2n) is 6.63. The average molecular weight is 280 g/mol. The molecule has 0 aromatic carbocycles. The van der Waals surface area contributed by atoms with Crippen molar-refractivity contribution in [3.8, 4) is 0 Å². The van der Waals surface area contributed by atoms with E-state index in [4.69, 9.17) is 0 Å². The number of hydrogen-bond acceptors (Lipinski definition) is 4. The molecule has 3 fully saturated rings. The summed E-state index contributed by atoms with van der Waals surface area (Å²) in [6.07, 6.45) is 5.07. The molecule has 2 bridgehead atoms. The first-order valence-corrected chi connectivity index (χ1v) is 8.16. The minimum absolute atomic E-state index is 0.134. The fourth-order valence-electron chi connectivity index (χ4n) is 4.01. The molecule has 0 saturated carbocycles. The van der Waals surface area contributed by atoms with Crippen LogP contribution in [0.1, 0.15) is 25.7 Å². The van der Waals surface area contributed by atoms with Gasteiger partial charge in [-0.1, -0.05) is 0 Å². The Balaban J connectivity index is 1.41. The topological polar surface area (TPSA) is 47.6 Å². The van der Waals surface area contributed by atoms with Gasteiger partial charge in [-0.3, -0.25) is 9.69 Å². The van der Waals surface area contributed by atoms with Crippen LogP contribution in [0.3, 0.4) is 0 Å². The number of fused-ring (bicyclic) bond motifs is 2. The molecule has 3 unspecified atom stereocenters. The van der Waals surface area contributed by atoms with Gasteiger partial charge in [0.2, 0.25) is 5.91 Å². The minimum atomic E-state index is 0.134. The molecule has 3 aliphatic rings. The molecule has 5 nitrogen and oxygen atoms in total.